The maximum absolute atomic E-state index is 12.5. The molecule has 0 aromatic heterocycles. The van der Waals surface area contributed by atoms with Crippen LogP contribution in [0.15, 0.2) is 18.2 Å². The molecule has 0 spiro atoms. The van der Waals surface area contributed by atoms with Crippen molar-refractivity contribution in [3.63, 3.8) is 0 Å². The van der Waals surface area contributed by atoms with E-state index < -0.39 is 67.2 Å². The first kappa shape index (κ1) is 23.1. The van der Waals surface area contributed by atoms with Gasteiger partial charge >= 0.3 is 5.97 Å². The van der Waals surface area contributed by atoms with Crippen LogP contribution in [0.5, 0.6) is 11.5 Å². The third-order valence-electron chi connectivity index (χ3n) is 5.15. The minimum Gasteiger partial charge on any atom is -0.504 e. The van der Waals surface area contributed by atoms with Crippen molar-refractivity contribution in [3.8, 4) is 11.5 Å². The van der Waals surface area contributed by atoms with Crippen molar-refractivity contribution in [1.82, 2.24) is 10.2 Å². The van der Waals surface area contributed by atoms with E-state index >= 15 is 0 Å². The predicted octanol–water partition coefficient (Wildman–Crippen LogP) is -0.0183. The van der Waals surface area contributed by atoms with Gasteiger partial charge in [0.25, 0.3) is 15.8 Å². The van der Waals surface area contributed by atoms with Crippen molar-refractivity contribution in [2.75, 3.05) is 6.73 Å². The van der Waals surface area contributed by atoms with Crippen LogP contribution in [0.2, 0.25) is 0 Å². The number of amides is 2. The molecule has 3 atom stereocenters. The number of aromatic hydroxyl groups is 2. The second kappa shape index (κ2) is 7.55. The van der Waals surface area contributed by atoms with Gasteiger partial charge in [-0.1, -0.05) is 6.07 Å². The minimum atomic E-state index is -5.01. The number of fused-ring (bicyclic) bond motifs is 1. The van der Waals surface area contributed by atoms with E-state index in [1.807, 2.05) is 0 Å². The zero-order valence-corrected chi connectivity index (χ0v) is 17.9. The van der Waals surface area contributed by atoms with Crippen LogP contribution in [-0.2, 0) is 29.2 Å². The average molecular weight is 476 g/mol. The molecule has 2 aliphatic rings. The van der Waals surface area contributed by atoms with Crippen molar-refractivity contribution in [1.29, 1.82) is 0 Å². The number of aliphatic carboxylic acids is 1. The van der Waals surface area contributed by atoms with Crippen LogP contribution in [0.25, 0.3) is 0 Å². The highest BCUT2D eigenvalue weighted by Gasteiger charge is 2.71. The van der Waals surface area contributed by atoms with E-state index in [2.05, 4.69) is 5.32 Å². The number of phenols is 2. The summed E-state index contributed by atoms with van der Waals surface area (Å²) >= 11 is 1.23. The summed E-state index contributed by atoms with van der Waals surface area (Å²) in [4.78, 5) is 37.7. The number of carboxylic acids is 1. The zero-order chi connectivity index (χ0) is 23.4. The normalized spacial score (nSPS) is 25.5. The number of phenolic OH excluding ortho intramolecular Hbond substituents is 2. The van der Waals surface area contributed by atoms with Gasteiger partial charge in [0.2, 0.25) is 11.8 Å². The quantitative estimate of drug-likeness (QED) is 0.154. The van der Waals surface area contributed by atoms with E-state index in [1.54, 1.807) is 13.8 Å². The zero-order valence-electron chi connectivity index (χ0n) is 16.3. The van der Waals surface area contributed by atoms with Crippen LogP contribution < -0.4 is 5.32 Å². The molecule has 5 N–H and O–H groups in total. The molecule has 0 bridgehead atoms. The molecule has 0 aliphatic carbocycles. The number of nitrogens with one attached hydrogen (secondary N) is 1. The molecular weight excluding hydrogens is 456 g/mol. The lowest BCUT2D eigenvalue weighted by Gasteiger charge is -2.45. The van der Waals surface area contributed by atoms with Crippen molar-refractivity contribution in [2.45, 2.75) is 41.4 Å². The van der Waals surface area contributed by atoms with Gasteiger partial charge in [0.05, 0.1) is 16.5 Å². The number of hydrogen-bond donors (Lipinski definition) is 5. The summed E-state index contributed by atoms with van der Waals surface area (Å²) in [5.74, 6) is -4.45. The molecule has 14 heteroatoms. The molecule has 170 valence electrons. The number of carboxylic acid groups (broad SMARTS) is 1. The molecule has 0 unspecified atom stereocenters. The Morgan fingerprint density at radius 1 is 1.32 bits per heavy atom. The summed E-state index contributed by atoms with van der Waals surface area (Å²) in [6.45, 7) is 2.35. The van der Waals surface area contributed by atoms with Crippen LogP contribution in [0.3, 0.4) is 0 Å². The first-order valence-corrected chi connectivity index (χ1v) is 11.2. The monoisotopic (exact) mass is 476 g/mol. The van der Waals surface area contributed by atoms with Crippen LogP contribution in [0.1, 0.15) is 31.1 Å². The SMILES string of the molecule is CC1(C)S[C@@H]2CC(=O)N2[C@@]1(OCNC(=O)[C@@H](c1ccc(O)c(O)c1)S(=O)(=O)O)C(=O)O. The topological polar surface area (TPSA) is 191 Å². The van der Waals surface area contributed by atoms with Crippen LogP contribution >= 0.6 is 11.8 Å². The Morgan fingerprint density at radius 3 is 2.48 bits per heavy atom. The maximum Gasteiger partial charge on any atom is 0.359 e. The van der Waals surface area contributed by atoms with Gasteiger partial charge in [-0.3, -0.25) is 19.0 Å². The van der Waals surface area contributed by atoms with Crippen LogP contribution in [-0.4, -0.2) is 73.6 Å². The van der Waals surface area contributed by atoms with Crippen molar-refractivity contribution in [3.05, 3.63) is 23.8 Å². The summed E-state index contributed by atoms with van der Waals surface area (Å²) in [6.07, 6.45) is 0.147. The third-order valence-corrected chi connectivity index (χ3v) is 7.74. The fourth-order valence-corrected chi connectivity index (χ4v) is 6.23. The molecule has 2 saturated heterocycles. The summed E-state index contributed by atoms with van der Waals surface area (Å²) in [5, 5.41) is 28.3. The Morgan fingerprint density at radius 2 is 1.97 bits per heavy atom. The van der Waals surface area contributed by atoms with Crippen molar-refractivity contribution in [2.24, 2.45) is 0 Å². The van der Waals surface area contributed by atoms with Gasteiger partial charge in [-0.05, 0) is 31.5 Å². The fraction of sp³-hybridized carbons (Fsp3) is 0.471. The molecule has 31 heavy (non-hydrogen) atoms. The highest BCUT2D eigenvalue weighted by molar-refractivity contribution is 8.01. The van der Waals surface area contributed by atoms with Gasteiger partial charge in [-0.2, -0.15) is 8.42 Å². The lowest BCUT2D eigenvalue weighted by Crippen LogP contribution is -2.69. The van der Waals surface area contributed by atoms with Crippen molar-refractivity contribution >= 4 is 39.7 Å². The largest absolute Gasteiger partial charge is 0.504 e. The molecule has 2 aliphatic heterocycles. The number of ether oxygens (including phenoxy) is 1. The Bertz CT molecular complexity index is 1060. The number of hydrogen-bond acceptors (Lipinski definition) is 9. The molecule has 0 radical (unpaired) electrons. The minimum absolute atomic E-state index is 0.147. The molecular formula is C17H20N2O10S2. The Balaban J connectivity index is 1.81. The third kappa shape index (κ3) is 3.69. The standard InChI is InChI=1S/C17H20N2O10S2/c1-16(2)17(15(24)25,19-11(22)6-12(19)30-16)29-7-18-14(23)13(31(26,27)28)8-3-4-9(20)10(21)5-8/h3-5,12-13,20-21H,6-7H2,1-2H3,(H,18,23)(H,24,25)(H,26,27,28)/t12-,13-,17-/m1/s1. The number of carbonyl (C=O) groups excluding carboxylic acids is 2. The number of benzene rings is 1. The van der Waals surface area contributed by atoms with Crippen LogP contribution in [0, 0.1) is 0 Å². The van der Waals surface area contributed by atoms with Gasteiger partial charge in [0.15, 0.2) is 16.7 Å². The Labute approximate surface area is 180 Å². The second-order valence-corrected chi connectivity index (χ2v) is 10.8. The first-order valence-electron chi connectivity index (χ1n) is 8.85. The fourth-order valence-electron chi connectivity index (χ4n) is 3.70. The Kier molecular flexibility index (Phi) is 5.63. The van der Waals surface area contributed by atoms with Gasteiger partial charge < -0.3 is 25.4 Å². The van der Waals surface area contributed by atoms with Crippen LogP contribution in [0.4, 0.5) is 0 Å². The molecule has 3 rings (SSSR count). The van der Waals surface area contributed by atoms with E-state index in [1.165, 1.54) is 11.8 Å². The summed E-state index contributed by atoms with van der Waals surface area (Å²) in [7, 11) is -5.01. The van der Waals surface area contributed by atoms with E-state index in [0.717, 1.165) is 23.1 Å². The number of rotatable bonds is 7. The van der Waals surface area contributed by atoms with Gasteiger partial charge in [-0.25, -0.2) is 4.79 Å². The summed E-state index contributed by atoms with van der Waals surface area (Å²) < 4.78 is 37.4. The molecule has 1 aromatic carbocycles. The predicted molar refractivity (Wildman–Crippen MR) is 105 cm³/mol. The van der Waals surface area contributed by atoms with Gasteiger partial charge in [0.1, 0.15) is 6.73 Å². The molecule has 1 aromatic rings. The molecule has 2 amide bonds. The second-order valence-electron chi connectivity index (χ2n) is 7.47. The van der Waals surface area contributed by atoms with Gasteiger partial charge in [0, 0.05) is 0 Å². The summed E-state index contributed by atoms with van der Waals surface area (Å²) in [5.41, 5.74) is -2.45. The lowest BCUT2D eigenvalue weighted by atomic mass is 9.93. The average Bonchev–Trinajstić information content (AvgIpc) is 2.80. The molecule has 12 nitrogen and oxygen atoms in total. The first-order chi connectivity index (χ1) is 14.2. The van der Waals surface area contributed by atoms with E-state index in [-0.39, 0.29) is 12.0 Å². The van der Waals surface area contributed by atoms with Crippen molar-refractivity contribution < 1.29 is 47.4 Å². The van der Waals surface area contributed by atoms with E-state index in [4.69, 9.17) is 4.74 Å². The highest BCUT2D eigenvalue weighted by atomic mass is 32.2. The van der Waals surface area contributed by atoms with E-state index in [0.29, 0.717) is 0 Å². The van der Waals surface area contributed by atoms with Gasteiger partial charge in [-0.15, -0.1) is 11.8 Å². The number of β-lactam (4-membered cyclic amide) rings is 1. The highest BCUT2D eigenvalue weighted by Crippen LogP contribution is 2.57. The Hall–Kier alpha value is -2.55. The number of carbonyl (C=O) groups is 3. The maximum atomic E-state index is 12.5. The smallest absolute Gasteiger partial charge is 0.359 e. The molecule has 2 heterocycles. The molecule has 2 fully saturated rings. The van der Waals surface area contributed by atoms with E-state index in [9.17, 15) is 42.7 Å². The number of nitrogens with zero attached hydrogens (tertiary/aromatic N) is 1. The molecule has 0 saturated carbocycles. The summed E-state index contributed by atoms with van der Waals surface area (Å²) in [6, 6.07) is 2.72. The number of thioether (sulfide) groups is 1. The lowest BCUT2D eigenvalue weighted by molar-refractivity contribution is -0.217.